The quantitative estimate of drug-likeness (QED) is 0.404. The molecule has 2 atom stereocenters. The van der Waals surface area contributed by atoms with Gasteiger partial charge in [0.25, 0.3) is 5.91 Å². The monoisotopic (exact) mass is 433 g/mol. The fourth-order valence-corrected chi connectivity index (χ4v) is 4.33. The Morgan fingerprint density at radius 1 is 1.09 bits per heavy atom. The van der Waals surface area contributed by atoms with E-state index in [4.69, 9.17) is 9.94 Å². The minimum atomic E-state index is -0.447. The van der Waals surface area contributed by atoms with Crippen molar-refractivity contribution in [2.75, 3.05) is 0 Å². The van der Waals surface area contributed by atoms with Gasteiger partial charge in [0.05, 0.1) is 11.4 Å². The number of hydrogen-bond acceptors (Lipinski definition) is 5. The van der Waals surface area contributed by atoms with Gasteiger partial charge >= 0.3 is 0 Å². The van der Waals surface area contributed by atoms with Gasteiger partial charge in [-0.15, -0.1) is 0 Å². The van der Waals surface area contributed by atoms with Crippen molar-refractivity contribution in [2.45, 2.75) is 45.3 Å². The molecule has 0 unspecified atom stereocenters. The van der Waals surface area contributed by atoms with Crippen LogP contribution < -0.4 is 15.5 Å². The molecule has 1 aromatic heterocycles. The van der Waals surface area contributed by atoms with Crippen LogP contribution in [0.1, 0.15) is 47.3 Å². The van der Waals surface area contributed by atoms with Crippen LogP contribution in [-0.4, -0.2) is 28.0 Å². The third-order valence-corrected chi connectivity index (χ3v) is 5.97. The average molecular weight is 434 g/mol. The van der Waals surface area contributed by atoms with E-state index in [1.807, 2.05) is 37.3 Å². The molecular formula is C25H27N3O4. The van der Waals surface area contributed by atoms with Crippen LogP contribution in [0.5, 0.6) is 5.75 Å². The van der Waals surface area contributed by atoms with E-state index in [0.29, 0.717) is 30.8 Å². The number of ether oxygens (including phenoxy) is 1. The van der Waals surface area contributed by atoms with Crippen LogP contribution in [0, 0.1) is 12.8 Å². The summed E-state index contributed by atoms with van der Waals surface area (Å²) in [5, 5.41) is 13.0. The van der Waals surface area contributed by atoms with Gasteiger partial charge in [0, 0.05) is 28.2 Å². The summed E-state index contributed by atoms with van der Waals surface area (Å²) in [5.41, 5.74) is 5.14. The van der Waals surface area contributed by atoms with E-state index in [0.717, 1.165) is 35.0 Å². The number of rotatable bonds is 6. The maximum absolute atomic E-state index is 12.7. The minimum Gasteiger partial charge on any atom is -0.489 e. The number of aromatic nitrogens is 1. The molecule has 2 aromatic carbocycles. The Kier molecular flexibility index (Phi) is 6.66. The fraction of sp³-hybridized carbons (Fsp3) is 0.320. The number of carbonyl (C=O) groups is 2. The van der Waals surface area contributed by atoms with E-state index in [9.17, 15) is 9.59 Å². The van der Waals surface area contributed by atoms with Crippen molar-refractivity contribution in [1.82, 2.24) is 15.8 Å². The maximum Gasteiger partial charge on any atom is 0.251 e. The Balaban J connectivity index is 1.40. The molecular weight excluding hydrogens is 406 g/mol. The number of benzene rings is 2. The second-order valence-corrected chi connectivity index (χ2v) is 8.20. The first-order valence-electron chi connectivity index (χ1n) is 10.9. The largest absolute Gasteiger partial charge is 0.489 e. The first-order valence-corrected chi connectivity index (χ1v) is 10.9. The Labute approximate surface area is 186 Å². The average Bonchev–Trinajstić information content (AvgIpc) is 2.82. The standard InChI is InChI=1S/C25H27N3O4/c1-16-14-18(20-6-2-4-8-22(20)26-16)15-32-19-12-10-17(11-13-19)24(29)27-23-9-5-3-7-21(23)25(30)28-31/h2,4,6,8,10-14,21,23,31H,3,5,7,9,15H2,1H3,(H,27,29)(H,28,30)/t21-,23+/m0/s1. The highest BCUT2D eigenvalue weighted by Gasteiger charge is 2.32. The third-order valence-electron chi connectivity index (χ3n) is 5.97. The van der Waals surface area contributed by atoms with Crippen molar-refractivity contribution in [1.29, 1.82) is 0 Å². The number of nitrogens with zero attached hydrogens (tertiary/aromatic N) is 1. The highest BCUT2D eigenvalue weighted by molar-refractivity contribution is 5.95. The highest BCUT2D eigenvalue weighted by atomic mass is 16.5. The van der Waals surface area contributed by atoms with E-state index >= 15 is 0 Å². The van der Waals surface area contributed by atoms with Gasteiger partial charge in [-0.25, -0.2) is 5.48 Å². The summed E-state index contributed by atoms with van der Waals surface area (Å²) in [4.78, 5) is 29.1. The van der Waals surface area contributed by atoms with Crippen molar-refractivity contribution in [3.63, 3.8) is 0 Å². The van der Waals surface area contributed by atoms with E-state index in [2.05, 4.69) is 10.3 Å². The van der Waals surface area contributed by atoms with E-state index in [1.54, 1.807) is 29.7 Å². The number of amides is 2. The van der Waals surface area contributed by atoms with Crippen molar-refractivity contribution in [3.05, 3.63) is 71.4 Å². The maximum atomic E-state index is 12.7. The predicted octanol–water partition coefficient (Wildman–Crippen LogP) is 3.92. The van der Waals surface area contributed by atoms with Gasteiger partial charge in [0.2, 0.25) is 5.91 Å². The van der Waals surface area contributed by atoms with Gasteiger partial charge in [-0.2, -0.15) is 0 Å². The van der Waals surface area contributed by atoms with Crippen LogP contribution in [0.4, 0.5) is 0 Å². The van der Waals surface area contributed by atoms with Crippen molar-refractivity contribution in [2.24, 2.45) is 5.92 Å². The molecule has 0 saturated heterocycles. The molecule has 0 bridgehead atoms. The number of fused-ring (bicyclic) bond motifs is 1. The zero-order valence-corrected chi connectivity index (χ0v) is 18.0. The third kappa shape index (κ3) is 4.89. The van der Waals surface area contributed by atoms with Gasteiger partial charge in [0.1, 0.15) is 12.4 Å². The number of para-hydroxylation sites is 1. The van der Waals surface area contributed by atoms with Crippen molar-refractivity contribution < 1.29 is 19.5 Å². The Morgan fingerprint density at radius 3 is 2.62 bits per heavy atom. The second-order valence-electron chi connectivity index (χ2n) is 8.20. The minimum absolute atomic E-state index is 0.241. The number of hydroxylamine groups is 1. The van der Waals surface area contributed by atoms with Crippen molar-refractivity contribution >= 4 is 22.7 Å². The molecule has 1 aliphatic rings. The fourth-order valence-electron chi connectivity index (χ4n) is 4.33. The molecule has 166 valence electrons. The molecule has 7 heteroatoms. The van der Waals surface area contributed by atoms with Gasteiger partial charge in [-0.05, 0) is 56.2 Å². The van der Waals surface area contributed by atoms with Crippen molar-refractivity contribution in [3.8, 4) is 5.75 Å². The predicted molar refractivity (Wildman–Crippen MR) is 120 cm³/mol. The zero-order valence-electron chi connectivity index (χ0n) is 18.0. The second kappa shape index (κ2) is 9.78. The molecule has 2 amide bonds. The summed E-state index contributed by atoms with van der Waals surface area (Å²) < 4.78 is 5.96. The van der Waals surface area contributed by atoms with Gasteiger partial charge in [-0.3, -0.25) is 19.8 Å². The Morgan fingerprint density at radius 2 is 1.84 bits per heavy atom. The number of carbonyl (C=O) groups excluding carboxylic acids is 2. The summed E-state index contributed by atoms with van der Waals surface area (Å²) in [5.74, 6) is -0.443. The molecule has 1 saturated carbocycles. The topological polar surface area (TPSA) is 101 Å². The van der Waals surface area contributed by atoms with Crippen LogP contribution in [0.3, 0.4) is 0 Å². The summed E-state index contributed by atoms with van der Waals surface area (Å²) in [6.07, 6.45) is 3.20. The molecule has 7 nitrogen and oxygen atoms in total. The first kappa shape index (κ1) is 21.8. The van der Waals surface area contributed by atoms with E-state index < -0.39 is 11.8 Å². The summed E-state index contributed by atoms with van der Waals surface area (Å²) in [6.45, 7) is 2.36. The highest BCUT2D eigenvalue weighted by Crippen LogP contribution is 2.25. The normalized spacial score (nSPS) is 18.2. The number of nitrogens with one attached hydrogen (secondary N) is 2. The van der Waals surface area contributed by atoms with Crippen LogP contribution in [0.2, 0.25) is 0 Å². The molecule has 4 rings (SSSR count). The van der Waals surface area contributed by atoms with E-state index in [-0.39, 0.29) is 11.9 Å². The van der Waals surface area contributed by atoms with Gasteiger partial charge in [-0.1, -0.05) is 31.0 Å². The lowest BCUT2D eigenvalue weighted by molar-refractivity contribution is -0.135. The molecule has 32 heavy (non-hydrogen) atoms. The van der Waals surface area contributed by atoms with Crippen LogP contribution in [-0.2, 0) is 11.4 Å². The molecule has 3 aromatic rings. The lowest BCUT2D eigenvalue weighted by Gasteiger charge is -2.30. The molecule has 0 radical (unpaired) electrons. The number of pyridine rings is 1. The summed E-state index contributed by atoms with van der Waals surface area (Å²) in [6, 6.07) is 16.7. The Hall–Kier alpha value is -3.45. The van der Waals surface area contributed by atoms with Gasteiger partial charge in [0.15, 0.2) is 0 Å². The van der Waals surface area contributed by atoms with Crippen LogP contribution >= 0.6 is 0 Å². The lowest BCUT2D eigenvalue weighted by atomic mass is 9.84. The molecule has 1 heterocycles. The van der Waals surface area contributed by atoms with Crippen LogP contribution in [0.15, 0.2) is 54.6 Å². The first-order chi connectivity index (χ1) is 15.5. The number of hydrogen-bond donors (Lipinski definition) is 3. The smallest absolute Gasteiger partial charge is 0.251 e. The zero-order chi connectivity index (χ0) is 22.5. The molecule has 0 aliphatic heterocycles. The van der Waals surface area contributed by atoms with E-state index in [1.165, 1.54) is 0 Å². The summed E-state index contributed by atoms with van der Waals surface area (Å²) >= 11 is 0. The summed E-state index contributed by atoms with van der Waals surface area (Å²) in [7, 11) is 0. The molecule has 1 aliphatic carbocycles. The molecule has 1 fully saturated rings. The van der Waals surface area contributed by atoms with Gasteiger partial charge < -0.3 is 10.1 Å². The number of aryl methyl sites for hydroxylation is 1. The molecule has 3 N–H and O–H groups in total. The lowest BCUT2D eigenvalue weighted by Crippen LogP contribution is -2.47. The van der Waals surface area contributed by atoms with Crippen LogP contribution in [0.25, 0.3) is 10.9 Å². The molecule has 0 spiro atoms. The Bertz CT molecular complexity index is 1110. The SMILES string of the molecule is Cc1cc(COc2ccc(C(=O)N[C@@H]3CCCC[C@@H]3C(=O)NO)cc2)c2ccccc2n1.